The summed E-state index contributed by atoms with van der Waals surface area (Å²) in [5.74, 6) is 0. The van der Waals surface area contributed by atoms with Gasteiger partial charge in [0.1, 0.15) is 7.36 Å². The molecular formula is C18H30N5O2PS2. The Morgan fingerprint density at radius 3 is 2.18 bits per heavy atom. The Morgan fingerprint density at radius 2 is 1.71 bits per heavy atom. The Bertz CT molecular complexity index is 699. The molecule has 3 heterocycles. The Balaban J connectivity index is 1.92. The van der Waals surface area contributed by atoms with Crippen molar-refractivity contribution >= 4 is 42.2 Å². The number of ether oxygens (including phenoxy) is 2. The van der Waals surface area contributed by atoms with Crippen molar-refractivity contribution in [1.29, 1.82) is 0 Å². The molecule has 156 valence electrons. The zero-order chi connectivity index (χ0) is 20.0. The van der Waals surface area contributed by atoms with Crippen LogP contribution in [0.25, 0.3) is 0 Å². The van der Waals surface area contributed by atoms with Gasteiger partial charge in [-0.2, -0.15) is 16.4 Å². The van der Waals surface area contributed by atoms with Crippen molar-refractivity contribution in [3.8, 4) is 0 Å². The summed E-state index contributed by atoms with van der Waals surface area (Å²) in [5, 5.41) is 8.74. The van der Waals surface area contributed by atoms with Crippen LogP contribution in [0.4, 0.5) is 0 Å². The molecule has 0 aliphatic carbocycles. The lowest BCUT2D eigenvalue weighted by molar-refractivity contribution is 0.0551. The number of hydrazone groups is 1. The predicted molar refractivity (Wildman–Crippen MR) is 122 cm³/mol. The van der Waals surface area contributed by atoms with E-state index in [0.29, 0.717) is 5.11 Å². The molecule has 10 heteroatoms. The molecule has 0 amide bonds. The van der Waals surface area contributed by atoms with E-state index in [9.17, 15) is 0 Å². The van der Waals surface area contributed by atoms with Crippen molar-refractivity contribution in [3.63, 3.8) is 0 Å². The minimum absolute atomic E-state index is 0.0650. The molecule has 0 atom stereocenters. The molecule has 0 saturated carbocycles. The molecule has 1 aromatic rings. The lowest BCUT2D eigenvalue weighted by Gasteiger charge is -2.52. The second-order valence-corrected chi connectivity index (χ2v) is 12.7. The third-order valence-electron chi connectivity index (χ3n) is 4.81. The summed E-state index contributed by atoms with van der Waals surface area (Å²) in [4.78, 5) is 0. The second-order valence-electron chi connectivity index (χ2n) is 7.70. The van der Waals surface area contributed by atoms with Crippen LogP contribution in [0.5, 0.6) is 0 Å². The van der Waals surface area contributed by atoms with Gasteiger partial charge in [-0.15, -0.1) is 0 Å². The van der Waals surface area contributed by atoms with Crippen molar-refractivity contribution in [1.82, 2.24) is 14.8 Å². The van der Waals surface area contributed by atoms with E-state index in [-0.39, 0.29) is 5.16 Å². The minimum atomic E-state index is -2.13. The minimum Gasteiger partial charge on any atom is -0.379 e. The van der Waals surface area contributed by atoms with Crippen molar-refractivity contribution in [3.05, 3.63) is 22.4 Å². The fraction of sp³-hybridized carbons (Fsp3) is 0.667. The molecule has 2 aliphatic rings. The molecule has 0 bridgehead atoms. The van der Waals surface area contributed by atoms with Crippen molar-refractivity contribution in [2.24, 2.45) is 9.85 Å². The van der Waals surface area contributed by atoms with Crippen LogP contribution in [0, 0.1) is 0 Å². The topological polar surface area (TPSA) is 61.7 Å². The highest BCUT2D eigenvalue weighted by Gasteiger charge is 2.45. The van der Waals surface area contributed by atoms with E-state index in [2.05, 4.69) is 40.6 Å². The monoisotopic (exact) mass is 443 g/mol. The maximum absolute atomic E-state index is 5.63. The van der Waals surface area contributed by atoms with Gasteiger partial charge < -0.3 is 9.47 Å². The number of morpholine rings is 2. The number of rotatable bonds is 4. The van der Waals surface area contributed by atoms with Crippen LogP contribution >= 0.6 is 30.9 Å². The van der Waals surface area contributed by atoms with Gasteiger partial charge in [-0.3, -0.25) is 14.8 Å². The van der Waals surface area contributed by atoms with Gasteiger partial charge in [0.25, 0.3) is 0 Å². The molecule has 1 N–H and O–H groups in total. The molecule has 7 nitrogen and oxygen atoms in total. The summed E-state index contributed by atoms with van der Waals surface area (Å²) in [7, 11) is -2.13. The fourth-order valence-corrected chi connectivity index (χ4v) is 8.98. The molecule has 0 aromatic carbocycles. The molecule has 2 aliphatic heterocycles. The van der Waals surface area contributed by atoms with E-state index in [1.807, 2.05) is 16.8 Å². The Kier molecular flexibility index (Phi) is 7.78. The first kappa shape index (κ1) is 22.0. The summed E-state index contributed by atoms with van der Waals surface area (Å²) in [6, 6.07) is 2.02. The second kappa shape index (κ2) is 9.89. The number of thiocarbonyl (C=S) groups is 1. The lowest BCUT2D eigenvalue weighted by atomic mass is 10.3. The Labute approximate surface area is 177 Å². The summed E-state index contributed by atoms with van der Waals surface area (Å²) in [5.41, 5.74) is 4.03. The number of nitrogens with one attached hydrogen (secondary N) is 1. The number of hydrogen-bond donors (Lipinski definition) is 1. The van der Waals surface area contributed by atoms with Crippen LogP contribution in [0.2, 0.25) is 0 Å². The van der Waals surface area contributed by atoms with Crippen LogP contribution in [-0.2, 0) is 9.47 Å². The van der Waals surface area contributed by atoms with Gasteiger partial charge >= 0.3 is 0 Å². The summed E-state index contributed by atoms with van der Waals surface area (Å²) < 4.78 is 21.5. The van der Waals surface area contributed by atoms with Crippen LogP contribution in [0.1, 0.15) is 26.3 Å². The molecule has 0 spiro atoms. The SMILES string of the molecule is CC(C)(C)P(=NC(=S)N/N=C/c1ccsc1)(N1CCOCC1)N1CCOCC1. The molecule has 0 radical (unpaired) electrons. The van der Waals surface area contributed by atoms with E-state index in [1.54, 1.807) is 17.6 Å². The lowest BCUT2D eigenvalue weighted by Crippen LogP contribution is -2.48. The van der Waals surface area contributed by atoms with Crippen LogP contribution in [0.3, 0.4) is 0 Å². The van der Waals surface area contributed by atoms with Crippen molar-refractivity contribution in [2.75, 3.05) is 52.6 Å². The number of thiophene rings is 1. The molecule has 28 heavy (non-hydrogen) atoms. The molecule has 1 aromatic heterocycles. The first-order chi connectivity index (χ1) is 13.4. The molecule has 3 rings (SSSR count). The summed E-state index contributed by atoms with van der Waals surface area (Å²) in [6.45, 7) is 13.2. The first-order valence-electron chi connectivity index (χ1n) is 9.57. The summed E-state index contributed by atoms with van der Waals surface area (Å²) in [6.07, 6.45) is 1.78. The van der Waals surface area contributed by atoms with E-state index in [1.165, 1.54) is 0 Å². The highest BCUT2D eigenvalue weighted by atomic mass is 32.1. The normalized spacial score (nSPS) is 20.4. The van der Waals surface area contributed by atoms with Gasteiger partial charge in [0.2, 0.25) is 5.11 Å². The van der Waals surface area contributed by atoms with E-state index < -0.39 is 7.36 Å². The highest BCUT2D eigenvalue weighted by molar-refractivity contribution is 7.81. The van der Waals surface area contributed by atoms with Crippen molar-refractivity contribution < 1.29 is 9.47 Å². The zero-order valence-corrected chi connectivity index (χ0v) is 19.4. The first-order valence-corrected chi connectivity index (χ1v) is 12.6. The van der Waals surface area contributed by atoms with Crippen molar-refractivity contribution in [2.45, 2.75) is 25.9 Å². The average molecular weight is 444 g/mol. The summed E-state index contributed by atoms with van der Waals surface area (Å²) >= 11 is 7.27. The number of nitrogens with zero attached hydrogens (tertiary/aromatic N) is 4. The smallest absolute Gasteiger partial charge is 0.214 e. The molecule has 0 unspecified atom stereocenters. The fourth-order valence-electron chi connectivity index (χ4n) is 3.63. The molecule has 2 saturated heterocycles. The highest BCUT2D eigenvalue weighted by Crippen LogP contribution is 2.66. The van der Waals surface area contributed by atoms with E-state index >= 15 is 0 Å². The predicted octanol–water partition coefficient (Wildman–Crippen LogP) is 3.45. The van der Waals surface area contributed by atoms with Gasteiger partial charge in [-0.05, 0) is 29.0 Å². The third-order valence-corrected chi connectivity index (χ3v) is 10.5. The standard InChI is InChI=1S/C18H30N5O2PS2/c1-18(2,3)26(22-5-9-24-10-6-22,23-7-11-25-12-8-23)21-17(27)20-19-14-16-4-13-28-15-16/h4,13-15H,5-12H2,1-3H3,(H,20,27)/b19-14+. The van der Waals surface area contributed by atoms with Gasteiger partial charge in [-0.25, -0.2) is 4.74 Å². The number of hydrogen-bond acceptors (Lipinski definition) is 5. The maximum Gasteiger partial charge on any atom is 0.214 e. The molecular weight excluding hydrogens is 413 g/mol. The van der Waals surface area contributed by atoms with Crippen LogP contribution in [0.15, 0.2) is 26.7 Å². The average Bonchev–Trinajstić information content (AvgIpc) is 3.20. The van der Waals surface area contributed by atoms with Gasteiger partial charge in [-0.1, -0.05) is 20.8 Å². The molecule has 2 fully saturated rings. The Morgan fingerprint density at radius 1 is 1.14 bits per heavy atom. The van der Waals surface area contributed by atoms with Gasteiger partial charge in [0.15, 0.2) is 0 Å². The van der Waals surface area contributed by atoms with Gasteiger partial charge in [0.05, 0.1) is 32.6 Å². The zero-order valence-electron chi connectivity index (χ0n) is 16.8. The largest absolute Gasteiger partial charge is 0.379 e. The van der Waals surface area contributed by atoms with Crippen LogP contribution < -0.4 is 5.43 Å². The van der Waals surface area contributed by atoms with Crippen LogP contribution in [-0.4, -0.2) is 78.4 Å². The van der Waals surface area contributed by atoms with Gasteiger partial charge in [0, 0.05) is 36.9 Å². The Hall–Kier alpha value is -0.670. The third kappa shape index (κ3) is 5.08. The van der Waals surface area contributed by atoms with E-state index in [4.69, 9.17) is 26.4 Å². The maximum atomic E-state index is 5.63. The quantitative estimate of drug-likeness (QED) is 0.333. The van der Waals surface area contributed by atoms with E-state index in [0.717, 1.165) is 58.2 Å².